The molecule has 1 atom stereocenters. The number of carbonyl (C=O) groups excluding carboxylic acids is 1. The summed E-state index contributed by atoms with van der Waals surface area (Å²) in [5.74, 6) is -0.192. The number of rotatable bonds is 7. The first-order chi connectivity index (χ1) is 14.0. The quantitative estimate of drug-likeness (QED) is 0.779. The van der Waals surface area contributed by atoms with E-state index in [4.69, 9.17) is 9.84 Å². The third kappa shape index (κ3) is 5.57. The molecule has 1 aliphatic rings. The lowest BCUT2D eigenvalue weighted by molar-refractivity contribution is -0.139. The Hall–Kier alpha value is -2.86. The third-order valence-corrected chi connectivity index (χ3v) is 5.28. The van der Waals surface area contributed by atoms with Crippen LogP contribution in [0.2, 0.25) is 0 Å². The normalized spacial score (nSPS) is 15.7. The molecule has 0 spiro atoms. The molecule has 1 fully saturated rings. The van der Waals surface area contributed by atoms with E-state index in [2.05, 4.69) is 11.8 Å². The van der Waals surface area contributed by atoms with Gasteiger partial charge in [0.1, 0.15) is 5.75 Å². The fraction of sp³-hybridized carbons (Fsp3) is 0.391. The van der Waals surface area contributed by atoms with Crippen LogP contribution in [0.5, 0.6) is 5.75 Å². The molecule has 154 valence electrons. The lowest BCUT2D eigenvalue weighted by Crippen LogP contribution is -2.51. The maximum absolute atomic E-state index is 12.7. The second-order valence-electron chi connectivity index (χ2n) is 7.36. The van der Waals surface area contributed by atoms with Crippen molar-refractivity contribution in [2.45, 2.75) is 32.9 Å². The fourth-order valence-corrected chi connectivity index (χ4v) is 3.45. The maximum atomic E-state index is 12.7. The number of piperazine rings is 1. The van der Waals surface area contributed by atoms with Gasteiger partial charge in [0.2, 0.25) is 0 Å². The van der Waals surface area contributed by atoms with E-state index in [1.54, 1.807) is 19.1 Å². The second-order valence-corrected chi connectivity index (χ2v) is 7.36. The van der Waals surface area contributed by atoms with Crippen LogP contribution in [-0.2, 0) is 17.8 Å². The number of carboxylic acid groups (broad SMARTS) is 1. The smallest absolute Gasteiger partial charge is 0.335 e. The number of amides is 1. The first-order valence-electron chi connectivity index (χ1n) is 10.0. The van der Waals surface area contributed by atoms with Gasteiger partial charge in [-0.3, -0.25) is 9.69 Å². The molecule has 2 aromatic carbocycles. The molecule has 0 aliphatic carbocycles. The van der Waals surface area contributed by atoms with Gasteiger partial charge in [0, 0.05) is 32.7 Å². The van der Waals surface area contributed by atoms with Gasteiger partial charge >= 0.3 is 5.97 Å². The zero-order valence-electron chi connectivity index (χ0n) is 17.0. The summed E-state index contributed by atoms with van der Waals surface area (Å²) >= 11 is 0. The van der Waals surface area contributed by atoms with Crippen LogP contribution in [0.3, 0.4) is 0 Å². The van der Waals surface area contributed by atoms with Crippen molar-refractivity contribution in [1.29, 1.82) is 0 Å². The van der Waals surface area contributed by atoms with Gasteiger partial charge in [0.25, 0.3) is 5.91 Å². The lowest BCUT2D eigenvalue weighted by Gasteiger charge is -2.35. The van der Waals surface area contributed by atoms with Gasteiger partial charge in [-0.2, -0.15) is 0 Å². The Morgan fingerprint density at radius 3 is 2.10 bits per heavy atom. The summed E-state index contributed by atoms with van der Waals surface area (Å²) in [5, 5.41) is 8.98. The molecular weight excluding hydrogens is 368 g/mol. The molecule has 1 amide bonds. The summed E-state index contributed by atoms with van der Waals surface area (Å²) in [6, 6.07) is 14.8. The molecule has 1 saturated heterocycles. The van der Waals surface area contributed by atoms with Crippen molar-refractivity contribution in [2.24, 2.45) is 0 Å². The number of benzene rings is 2. The number of nitrogens with zero attached hydrogens (tertiary/aromatic N) is 2. The number of aromatic carboxylic acids is 1. The highest BCUT2D eigenvalue weighted by molar-refractivity contribution is 5.87. The molecule has 2 aromatic rings. The highest BCUT2D eigenvalue weighted by atomic mass is 16.5. The van der Waals surface area contributed by atoms with Gasteiger partial charge in [-0.15, -0.1) is 0 Å². The van der Waals surface area contributed by atoms with Crippen LogP contribution < -0.4 is 4.74 Å². The fourth-order valence-electron chi connectivity index (χ4n) is 3.45. The van der Waals surface area contributed by atoms with Crippen LogP contribution in [0.25, 0.3) is 0 Å². The highest BCUT2D eigenvalue weighted by Gasteiger charge is 2.26. The molecule has 1 unspecified atom stereocenters. The summed E-state index contributed by atoms with van der Waals surface area (Å²) in [5.41, 5.74) is 2.61. The van der Waals surface area contributed by atoms with Crippen LogP contribution in [0.15, 0.2) is 48.5 Å². The Morgan fingerprint density at radius 2 is 1.55 bits per heavy atom. The lowest BCUT2D eigenvalue weighted by atomic mass is 10.1. The van der Waals surface area contributed by atoms with Gasteiger partial charge in [-0.05, 0) is 48.7 Å². The Morgan fingerprint density at radius 1 is 0.966 bits per heavy atom. The monoisotopic (exact) mass is 396 g/mol. The van der Waals surface area contributed by atoms with Gasteiger partial charge in [-0.25, -0.2) is 4.79 Å². The summed E-state index contributed by atoms with van der Waals surface area (Å²) < 4.78 is 5.83. The molecular formula is C23H28N2O4. The van der Waals surface area contributed by atoms with Crippen molar-refractivity contribution < 1.29 is 19.4 Å². The minimum absolute atomic E-state index is 0.00929. The van der Waals surface area contributed by atoms with Gasteiger partial charge < -0.3 is 14.7 Å². The third-order valence-electron chi connectivity index (χ3n) is 5.28. The predicted molar refractivity (Wildman–Crippen MR) is 111 cm³/mol. The van der Waals surface area contributed by atoms with E-state index < -0.39 is 12.1 Å². The number of ether oxygens (including phenoxy) is 1. The summed E-state index contributed by atoms with van der Waals surface area (Å²) in [7, 11) is 0. The molecule has 0 bridgehead atoms. The molecule has 6 heteroatoms. The molecule has 6 nitrogen and oxygen atoms in total. The zero-order chi connectivity index (χ0) is 20.8. The van der Waals surface area contributed by atoms with Crippen LogP contribution in [0.1, 0.15) is 35.3 Å². The van der Waals surface area contributed by atoms with Crippen LogP contribution >= 0.6 is 0 Å². The summed E-state index contributed by atoms with van der Waals surface area (Å²) in [6.45, 7) is 7.54. The minimum Gasteiger partial charge on any atom is -0.481 e. The average molecular weight is 396 g/mol. The minimum atomic E-state index is -0.915. The summed E-state index contributed by atoms with van der Waals surface area (Å²) in [6.07, 6.45) is 0.459. The molecule has 3 rings (SSSR count). The zero-order valence-corrected chi connectivity index (χ0v) is 17.0. The van der Waals surface area contributed by atoms with E-state index in [1.807, 2.05) is 41.3 Å². The highest BCUT2D eigenvalue weighted by Crippen LogP contribution is 2.16. The first-order valence-corrected chi connectivity index (χ1v) is 10.0. The summed E-state index contributed by atoms with van der Waals surface area (Å²) in [4.78, 5) is 27.8. The van der Waals surface area contributed by atoms with Crippen molar-refractivity contribution in [3.8, 4) is 5.75 Å². The van der Waals surface area contributed by atoms with E-state index in [-0.39, 0.29) is 5.91 Å². The van der Waals surface area contributed by atoms with Gasteiger partial charge in [0.15, 0.2) is 6.10 Å². The van der Waals surface area contributed by atoms with Crippen LogP contribution in [0.4, 0.5) is 0 Å². The number of aryl methyl sites for hydroxylation is 1. The number of carboxylic acids is 1. The predicted octanol–water partition coefficient (Wildman–Crippen LogP) is 3.06. The number of hydrogen-bond donors (Lipinski definition) is 1. The molecule has 1 N–H and O–H groups in total. The molecule has 0 saturated carbocycles. The van der Waals surface area contributed by atoms with E-state index in [9.17, 15) is 9.59 Å². The van der Waals surface area contributed by atoms with Crippen molar-refractivity contribution in [2.75, 3.05) is 26.2 Å². The maximum Gasteiger partial charge on any atom is 0.335 e. The van der Waals surface area contributed by atoms with Crippen molar-refractivity contribution in [3.05, 3.63) is 65.2 Å². The molecule has 0 aromatic heterocycles. The Bertz CT molecular complexity index is 825. The molecule has 0 radical (unpaired) electrons. The SMILES string of the molecule is CCc1ccc(OC(C)C(=O)N2CCN(Cc3ccc(C(=O)O)cc3)CC2)cc1. The van der Waals surface area contributed by atoms with Crippen molar-refractivity contribution in [1.82, 2.24) is 9.80 Å². The van der Waals surface area contributed by atoms with Crippen molar-refractivity contribution in [3.63, 3.8) is 0 Å². The Kier molecular flexibility index (Phi) is 6.88. The average Bonchev–Trinajstić information content (AvgIpc) is 2.74. The standard InChI is InChI=1S/C23H28N2O4/c1-3-18-6-10-21(11-7-18)29-17(2)22(26)25-14-12-24(13-15-25)16-19-4-8-20(9-5-19)23(27)28/h4-11,17H,3,12-16H2,1-2H3,(H,27,28). The Labute approximate surface area is 171 Å². The van der Waals surface area contributed by atoms with Crippen LogP contribution in [0, 0.1) is 0 Å². The van der Waals surface area contributed by atoms with Gasteiger partial charge in [-0.1, -0.05) is 31.2 Å². The number of carbonyl (C=O) groups is 2. The van der Waals surface area contributed by atoms with E-state index in [1.165, 1.54) is 5.56 Å². The van der Waals surface area contributed by atoms with Gasteiger partial charge in [0.05, 0.1) is 5.56 Å². The number of hydrogen-bond acceptors (Lipinski definition) is 4. The largest absolute Gasteiger partial charge is 0.481 e. The van der Waals surface area contributed by atoms with E-state index in [0.29, 0.717) is 24.4 Å². The Balaban J connectivity index is 1.47. The molecule has 1 heterocycles. The van der Waals surface area contributed by atoms with Crippen molar-refractivity contribution >= 4 is 11.9 Å². The van der Waals surface area contributed by atoms with E-state index in [0.717, 1.165) is 31.6 Å². The molecule has 1 aliphatic heterocycles. The van der Waals surface area contributed by atoms with Crippen LogP contribution in [-0.4, -0.2) is 59.1 Å². The molecule has 29 heavy (non-hydrogen) atoms. The topological polar surface area (TPSA) is 70.1 Å². The first kappa shape index (κ1) is 20.9. The second kappa shape index (κ2) is 9.56. The van der Waals surface area contributed by atoms with E-state index >= 15 is 0 Å².